The summed E-state index contributed by atoms with van der Waals surface area (Å²) in [6.07, 6.45) is 9.13. The lowest BCUT2D eigenvalue weighted by atomic mass is 9.89. The number of H-pyrrole nitrogens is 1. The Morgan fingerprint density at radius 1 is 1.05 bits per heavy atom. The third-order valence-electron chi connectivity index (χ3n) is 5.09. The van der Waals surface area contributed by atoms with E-state index < -0.39 is 0 Å². The van der Waals surface area contributed by atoms with Crippen LogP contribution in [0, 0.1) is 0 Å². The van der Waals surface area contributed by atoms with Crippen LogP contribution in [-0.2, 0) is 0 Å². The molecule has 21 heavy (non-hydrogen) atoms. The number of aromatic amines is 1. The molecule has 0 spiro atoms. The second-order valence-corrected chi connectivity index (χ2v) is 6.58. The first-order chi connectivity index (χ1) is 10.3. The van der Waals surface area contributed by atoms with Crippen LogP contribution in [0.15, 0.2) is 12.1 Å². The van der Waals surface area contributed by atoms with E-state index in [-0.39, 0.29) is 0 Å². The first-order valence-electron chi connectivity index (χ1n) is 8.35. The van der Waals surface area contributed by atoms with E-state index in [0.717, 1.165) is 29.8 Å². The van der Waals surface area contributed by atoms with Gasteiger partial charge in [-0.1, -0.05) is 19.3 Å². The normalized spacial score (nSPS) is 20.5. The van der Waals surface area contributed by atoms with Crippen LogP contribution in [-0.4, -0.2) is 23.1 Å². The summed E-state index contributed by atoms with van der Waals surface area (Å²) in [5.41, 5.74) is 10.5. The van der Waals surface area contributed by atoms with E-state index >= 15 is 0 Å². The van der Waals surface area contributed by atoms with E-state index in [1.807, 2.05) is 0 Å². The number of imidazole rings is 1. The van der Waals surface area contributed by atoms with Gasteiger partial charge in [-0.3, -0.25) is 0 Å². The van der Waals surface area contributed by atoms with Crippen molar-refractivity contribution in [3.05, 3.63) is 18.0 Å². The minimum Gasteiger partial charge on any atom is -0.397 e. The van der Waals surface area contributed by atoms with E-state index in [1.54, 1.807) is 0 Å². The van der Waals surface area contributed by atoms with Gasteiger partial charge in [0.1, 0.15) is 5.82 Å². The second kappa shape index (κ2) is 5.24. The number of nitrogens with one attached hydrogen (secondary N) is 1. The topological polar surface area (TPSA) is 57.9 Å². The fraction of sp³-hybridized carbons (Fsp3) is 0.588. The fourth-order valence-electron chi connectivity index (χ4n) is 3.88. The summed E-state index contributed by atoms with van der Waals surface area (Å²) in [4.78, 5) is 10.8. The average Bonchev–Trinajstić information content (AvgIpc) is 3.16. The number of benzene rings is 1. The van der Waals surface area contributed by atoms with E-state index in [2.05, 4.69) is 22.0 Å². The molecule has 3 N–H and O–H groups in total. The van der Waals surface area contributed by atoms with Gasteiger partial charge >= 0.3 is 0 Å². The van der Waals surface area contributed by atoms with Crippen molar-refractivity contribution < 1.29 is 0 Å². The van der Waals surface area contributed by atoms with Gasteiger partial charge in [-0.25, -0.2) is 4.98 Å². The van der Waals surface area contributed by atoms with Gasteiger partial charge in [0, 0.05) is 19.0 Å². The summed E-state index contributed by atoms with van der Waals surface area (Å²) in [5.74, 6) is 1.78. The van der Waals surface area contributed by atoms with Crippen molar-refractivity contribution in [1.82, 2.24) is 9.97 Å². The molecule has 2 aliphatic rings. The maximum Gasteiger partial charge on any atom is 0.110 e. The zero-order valence-corrected chi connectivity index (χ0v) is 12.6. The Kier molecular flexibility index (Phi) is 3.24. The van der Waals surface area contributed by atoms with Crippen LogP contribution in [0.3, 0.4) is 0 Å². The summed E-state index contributed by atoms with van der Waals surface area (Å²) < 4.78 is 0. The highest BCUT2D eigenvalue weighted by Gasteiger charge is 2.20. The first kappa shape index (κ1) is 13.0. The van der Waals surface area contributed by atoms with Gasteiger partial charge < -0.3 is 15.6 Å². The van der Waals surface area contributed by atoms with E-state index in [1.165, 1.54) is 56.5 Å². The van der Waals surface area contributed by atoms with Gasteiger partial charge in [-0.2, -0.15) is 0 Å². The van der Waals surface area contributed by atoms with Crippen LogP contribution in [0.5, 0.6) is 0 Å². The fourth-order valence-corrected chi connectivity index (χ4v) is 3.88. The molecule has 2 aromatic rings. The molecular weight excluding hydrogens is 260 g/mol. The molecule has 4 rings (SSSR count). The minimum atomic E-state index is 0.614. The number of nitrogens with zero attached hydrogens (tertiary/aromatic N) is 2. The highest BCUT2D eigenvalue weighted by Crippen LogP contribution is 2.35. The molecule has 0 atom stereocenters. The van der Waals surface area contributed by atoms with Crippen LogP contribution >= 0.6 is 0 Å². The molecule has 0 bridgehead atoms. The molecule has 0 unspecified atom stereocenters. The van der Waals surface area contributed by atoms with Crippen LogP contribution in [0.2, 0.25) is 0 Å². The van der Waals surface area contributed by atoms with E-state index in [4.69, 9.17) is 10.7 Å². The van der Waals surface area contributed by atoms with Gasteiger partial charge in [0.25, 0.3) is 0 Å². The smallest absolute Gasteiger partial charge is 0.110 e. The van der Waals surface area contributed by atoms with Gasteiger partial charge in [-0.05, 0) is 37.8 Å². The van der Waals surface area contributed by atoms with Crippen LogP contribution in [0.4, 0.5) is 11.4 Å². The second-order valence-electron chi connectivity index (χ2n) is 6.58. The summed E-state index contributed by atoms with van der Waals surface area (Å²) in [5, 5.41) is 0. The van der Waals surface area contributed by atoms with Gasteiger partial charge in [0.15, 0.2) is 0 Å². The van der Waals surface area contributed by atoms with Crippen molar-refractivity contribution in [2.75, 3.05) is 23.7 Å². The molecule has 1 aromatic heterocycles. The monoisotopic (exact) mass is 284 g/mol. The largest absolute Gasteiger partial charge is 0.397 e. The summed E-state index contributed by atoms with van der Waals surface area (Å²) in [6.45, 7) is 2.24. The molecule has 0 amide bonds. The molecule has 1 aliphatic carbocycles. The molecule has 1 aromatic carbocycles. The Labute approximate surface area is 125 Å². The summed E-state index contributed by atoms with van der Waals surface area (Å²) in [6, 6.07) is 4.25. The number of hydrogen-bond acceptors (Lipinski definition) is 3. The average molecular weight is 284 g/mol. The van der Waals surface area contributed by atoms with Crippen molar-refractivity contribution >= 4 is 22.4 Å². The van der Waals surface area contributed by atoms with Crippen molar-refractivity contribution in [2.24, 2.45) is 0 Å². The number of hydrogen-bond donors (Lipinski definition) is 2. The Morgan fingerprint density at radius 2 is 1.81 bits per heavy atom. The molecule has 1 aliphatic heterocycles. The quantitative estimate of drug-likeness (QED) is 0.825. The van der Waals surface area contributed by atoms with Crippen molar-refractivity contribution in [3.8, 4) is 0 Å². The summed E-state index contributed by atoms with van der Waals surface area (Å²) in [7, 11) is 0. The Bertz CT molecular complexity index is 634. The van der Waals surface area contributed by atoms with E-state index in [9.17, 15) is 0 Å². The Balaban J connectivity index is 1.70. The zero-order chi connectivity index (χ0) is 14.2. The lowest BCUT2D eigenvalue weighted by Crippen LogP contribution is -2.18. The third-order valence-corrected chi connectivity index (χ3v) is 5.09. The van der Waals surface area contributed by atoms with E-state index in [0.29, 0.717) is 5.92 Å². The molecule has 1 saturated carbocycles. The molecule has 2 fully saturated rings. The maximum absolute atomic E-state index is 6.26. The molecule has 0 radical (unpaired) electrons. The predicted octanol–water partition coefficient (Wildman–Crippen LogP) is 3.79. The number of fused-ring (bicyclic) bond motifs is 1. The lowest BCUT2D eigenvalue weighted by molar-refractivity contribution is 0.431. The Morgan fingerprint density at radius 3 is 2.57 bits per heavy atom. The maximum atomic E-state index is 6.26. The van der Waals surface area contributed by atoms with Crippen molar-refractivity contribution in [2.45, 2.75) is 50.9 Å². The first-order valence-corrected chi connectivity index (χ1v) is 8.35. The molecule has 2 heterocycles. The number of nitrogen functional groups attached to an aromatic ring is 1. The Hall–Kier alpha value is -1.71. The SMILES string of the molecule is Nc1cc2[nH]c(C3CCCCC3)nc2cc1N1CCCC1. The standard InChI is InChI=1S/C17H24N4/c18-13-10-14-15(11-16(13)21-8-4-5-9-21)20-17(19-14)12-6-2-1-3-7-12/h10-12H,1-9,18H2,(H,19,20). The molecule has 1 saturated heterocycles. The molecular formula is C17H24N4. The summed E-state index contributed by atoms with van der Waals surface area (Å²) >= 11 is 0. The lowest BCUT2D eigenvalue weighted by Gasteiger charge is -2.19. The van der Waals surface area contributed by atoms with Crippen LogP contribution < -0.4 is 10.6 Å². The number of aromatic nitrogens is 2. The minimum absolute atomic E-state index is 0.614. The number of anilines is 2. The van der Waals surface area contributed by atoms with Gasteiger partial charge in [-0.15, -0.1) is 0 Å². The van der Waals surface area contributed by atoms with Gasteiger partial charge in [0.05, 0.1) is 22.4 Å². The molecule has 4 nitrogen and oxygen atoms in total. The molecule has 112 valence electrons. The highest BCUT2D eigenvalue weighted by molar-refractivity contribution is 5.87. The zero-order valence-electron chi connectivity index (χ0n) is 12.6. The van der Waals surface area contributed by atoms with Crippen molar-refractivity contribution in [1.29, 1.82) is 0 Å². The van der Waals surface area contributed by atoms with Crippen LogP contribution in [0.25, 0.3) is 11.0 Å². The van der Waals surface area contributed by atoms with Crippen LogP contribution in [0.1, 0.15) is 56.7 Å². The third kappa shape index (κ3) is 2.37. The van der Waals surface area contributed by atoms with Crippen molar-refractivity contribution in [3.63, 3.8) is 0 Å². The number of rotatable bonds is 2. The highest BCUT2D eigenvalue weighted by atomic mass is 15.2. The molecule has 4 heteroatoms. The predicted molar refractivity (Wildman–Crippen MR) is 87.8 cm³/mol. The number of nitrogens with two attached hydrogens (primary N) is 1. The van der Waals surface area contributed by atoms with Gasteiger partial charge in [0.2, 0.25) is 0 Å².